The number of likely N-dealkylation sites (tertiary alicyclic amines) is 1. The molecular weight excluding hydrogens is 378 g/mol. The number of aliphatic hydroxyl groups excluding tert-OH is 1. The normalized spacial score (nSPS) is 22.8. The van der Waals surface area contributed by atoms with Crippen LogP contribution < -0.4 is 0 Å². The number of fused-ring (bicyclic) bond motifs is 1. The van der Waals surface area contributed by atoms with E-state index in [1.54, 1.807) is 0 Å². The van der Waals surface area contributed by atoms with Crippen molar-refractivity contribution in [2.45, 2.75) is 32.0 Å². The third-order valence-electron chi connectivity index (χ3n) is 5.93. The number of carbonyl (C=O) groups is 2. The molecule has 4 atom stereocenters. The first-order valence-corrected chi connectivity index (χ1v) is 10.5. The first kappa shape index (κ1) is 20.5. The molecule has 30 heavy (non-hydrogen) atoms. The van der Waals surface area contributed by atoms with Crippen LogP contribution in [0, 0.1) is 18.8 Å². The molecule has 1 aliphatic heterocycles. The van der Waals surface area contributed by atoms with Crippen LogP contribution in [0.1, 0.15) is 35.6 Å². The Bertz CT molecular complexity index is 896. The highest BCUT2D eigenvalue weighted by Crippen LogP contribution is 2.35. The predicted octanol–water partition coefficient (Wildman–Crippen LogP) is 3.41. The van der Waals surface area contributed by atoms with E-state index in [4.69, 9.17) is 4.74 Å². The Balaban J connectivity index is 1.43. The summed E-state index contributed by atoms with van der Waals surface area (Å²) in [5, 5.41) is 10.6. The molecule has 0 unspecified atom stereocenters. The minimum absolute atomic E-state index is 0.0259. The molecule has 0 spiro atoms. The highest BCUT2D eigenvalue weighted by molar-refractivity contribution is 6.05. The topological polar surface area (TPSA) is 66.8 Å². The molecule has 0 bridgehead atoms. The van der Waals surface area contributed by atoms with E-state index in [1.165, 1.54) is 4.90 Å². The van der Waals surface area contributed by atoms with E-state index >= 15 is 0 Å². The number of aryl methyl sites for hydroxylation is 1. The van der Waals surface area contributed by atoms with Crippen LogP contribution in [-0.4, -0.2) is 41.1 Å². The molecule has 1 fully saturated rings. The third-order valence-corrected chi connectivity index (χ3v) is 5.93. The zero-order valence-corrected chi connectivity index (χ0v) is 17.1. The van der Waals surface area contributed by atoms with Gasteiger partial charge < -0.3 is 9.84 Å². The second-order valence-corrected chi connectivity index (χ2v) is 8.13. The summed E-state index contributed by atoms with van der Waals surface area (Å²) < 4.78 is 6.10. The molecule has 2 aliphatic rings. The molecule has 5 nitrogen and oxygen atoms in total. The van der Waals surface area contributed by atoms with Gasteiger partial charge in [0.1, 0.15) is 6.10 Å². The van der Waals surface area contributed by atoms with Crippen LogP contribution in [0.2, 0.25) is 0 Å². The van der Waals surface area contributed by atoms with Gasteiger partial charge in [-0.15, -0.1) is 0 Å². The van der Waals surface area contributed by atoms with Crippen molar-refractivity contribution in [3.05, 3.63) is 83.4 Å². The number of amides is 2. The summed E-state index contributed by atoms with van der Waals surface area (Å²) in [6.07, 6.45) is 3.84. The van der Waals surface area contributed by atoms with E-state index in [1.807, 2.05) is 73.7 Å². The molecule has 0 saturated carbocycles. The molecule has 0 radical (unpaired) electrons. The number of carbonyl (C=O) groups excluding carboxylic acids is 2. The van der Waals surface area contributed by atoms with Gasteiger partial charge in [-0.2, -0.15) is 0 Å². The van der Waals surface area contributed by atoms with Crippen LogP contribution in [0.15, 0.2) is 66.7 Å². The molecular formula is C25H27NO4. The summed E-state index contributed by atoms with van der Waals surface area (Å²) in [5.41, 5.74) is 3.14. The Kier molecular flexibility index (Phi) is 6.11. The SMILES string of the molecule is Cc1ccc([C@@H](OC[C@H](O)CN2C(=O)[C@H]3CC=CC[C@H]3C2=O)c2ccccc2)cc1. The first-order valence-electron chi connectivity index (χ1n) is 10.5. The maximum absolute atomic E-state index is 12.6. The third kappa shape index (κ3) is 4.23. The molecule has 2 aromatic carbocycles. The quantitative estimate of drug-likeness (QED) is 0.566. The average Bonchev–Trinajstić information content (AvgIpc) is 3.01. The lowest BCUT2D eigenvalue weighted by Gasteiger charge is -2.23. The van der Waals surface area contributed by atoms with E-state index in [9.17, 15) is 14.7 Å². The van der Waals surface area contributed by atoms with Gasteiger partial charge in [0.25, 0.3) is 0 Å². The summed E-state index contributed by atoms with van der Waals surface area (Å²) in [5.74, 6) is -0.904. The van der Waals surface area contributed by atoms with Gasteiger partial charge in [0.05, 0.1) is 31.1 Å². The van der Waals surface area contributed by atoms with Gasteiger partial charge in [-0.3, -0.25) is 14.5 Å². The minimum Gasteiger partial charge on any atom is -0.389 e. The zero-order chi connectivity index (χ0) is 21.1. The second-order valence-electron chi connectivity index (χ2n) is 8.13. The molecule has 0 aromatic heterocycles. The van der Waals surface area contributed by atoms with Crippen LogP contribution in [0.25, 0.3) is 0 Å². The summed E-state index contributed by atoms with van der Waals surface area (Å²) in [7, 11) is 0. The number of β-amino-alcohol motifs (C(OH)–C–C–N with tert-alkyl or cyclic N) is 1. The van der Waals surface area contributed by atoms with Crippen molar-refractivity contribution in [3.63, 3.8) is 0 Å². The summed E-state index contributed by atoms with van der Waals surface area (Å²) in [6.45, 7) is 2.03. The van der Waals surface area contributed by atoms with Gasteiger partial charge in [0.2, 0.25) is 11.8 Å². The Hall–Kier alpha value is -2.76. The number of rotatable bonds is 7. The fourth-order valence-electron chi connectivity index (χ4n) is 4.27. The highest BCUT2D eigenvalue weighted by atomic mass is 16.5. The van der Waals surface area contributed by atoms with E-state index in [2.05, 4.69) is 0 Å². The maximum Gasteiger partial charge on any atom is 0.233 e. The van der Waals surface area contributed by atoms with Crippen LogP contribution in [0.5, 0.6) is 0 Å². The molecule has 1 N–H and O–H groups in total. The van der Waals surface area contributed by atoms with Gasteiger partial charge in [-0.05, 0) is 30.9 Å². The maximum atomic E-state index is 12.6. The standard InChI is InChI=1S/C25H27NO4/c1-17-11-13-19(14-12-17)23(18-7-3-2-4-8-18)30-16-20(27)15-26-24(28)21-9-5-6-10-22(21)25(26)29/h2-8,11-14,20-23,27H,9-10,15-16H2,1H3/t20-,21-,22+,23+/m1/s1. The first-order chi connectivity index (χ1) is 14.5. The van der Waals surface area contributed by atoms with Gasteiger partial charge >= 0.3 is 0 Å². The van der Waals surface area contributed by atoms with Crippen molar-refractivity contribution in [1.82, 2.24) is 4.90 Å². The Morgan fingerprint density at radius 1 is 0.933 bits per heavy atom. The van der Waals surface area contributed by atoms with Gasteiger partial charge in [-0.1, -0.05) is 72.3 Å². The monoisotopic (exact) mass is 405 g/mol. The lowest BCUT2D eigenvalue weighted by atomic mass is 9.85. The lowest BCUT2D eigenvalue weighted by Crippen LogP contribution is -2.39. The summed E-state index contributed by atoms with van der Waals surface area (Å²) >= 11 is 0. The van der Waals surface area contributed by atoms with Crippen molar-refractivity contribution in [3.8, 4) is 0 Å². The van der Waals surface area contributed by atoms with Crippen LogP contribution >= 0.6 is 0 Å². The lowest BCUT2D eigenvalue weighted by molar-refractivity contribution is -0.142. The Labute approximate surface area is 177 Å². The van der Waals surface area contributed by atoms with E-state index in [0.29, 0.717) is 12.8 Å². The molecule has 5 heteroatoms. The second kappa shape index (κ2) is 8.94. The number of hydrogen-bond acceptors (Lipinski definition) is 4. The van der Waals surface area contributed by atoms with Crippen molar-refractivity contribution in [2.24, 2.45) is 11.8 Å². The number of nitrogens with zero attached hydrogens (tertiary/aromatic N) is 1. The average molecular weight is 405 g/mol. The Morgan fingerprint density at radius 2 is 1.50 bits per heavy atom. The van der Waals surface area contributed by atoms with Gasteiger partial charge in [-0.25, -0.2) is 0 Å². The number of imide groups is 1. The van der Waals surface area contributed by atoms with E-state index in [0.717, 1.165) is 16.7 Å². The number of hydrogen-bond donors (Lipinski definition) is 1. The minimum atomic E-state index is -0.942. The summed E-state index contributed by atoms with van der Waals surface area (Å²) in [6, 6.07) is 17.9. The number of allylic oxidation sites excluding steroid dienone is 2. The van der Waals surface area contributed by atoms with Crippen molar-refractivity contribution in [2.75, 3.05) is 13.2 Å². The highest BCUT2D eigenvalue weighted by Gasteiger charge is 2.47. The van der Waals surface area contributed by atoms with Crippen molar-refractivity contribution < 1.29 is 19.4 Å². The zero-order valence-electron chi connectivity index (χ0n) is 17.1. The van der Waals surface area contributed by atoms with Crippen LogP contribution in [0.3, 0.4) is 0 Å². The van der Waals surface area contributed by atoms with Crippen LogP contribution in [-0.2, 0) is 14.3 Å². The van der Waals surface area contributed by atoms with Crippen molar-refractivity contribution >= 4 is 11.8 Å². The van der Waals surface area contributed by atoms with E-state index in [-0.39, 0.29) is 42.9 Å². The van der Waals surface area contributed by atoms with Crippen molar-refractivity contribution in [1.29, 1.82) is 0 Å². The summed E-state index contributed by atoms with van der Waals surface area (Å²) in [4.78, 5) is 26.5. The van der Waals surface area contributed by atoms with E-state index < -0.39 is 6.10 Å². The molecule has 1 aliphatic carbocycles. The largest absolute Gasteiger partial charge is 0.389 e. The van der Waals surface area contributed by atoms with Gasteiger partial charge in [0.15, 0.2) is 0 Å². The van der Waals surface area contributed by atoms with Gasteiger partial charge in [0, 0.05) is 0 Å². The molecule has 1 heterocycles. The Morgan fingerprint density at radius 3 is 2.10 bits per heavy atom. The molecule has 2 aromatic rings. The molecule has 2 amide bonds. The number of ether oxygens (including phenoxy) is 1. The molecule has 156 valence electrons. The number of benzene rings is 2. The smallest absolute Gasteiger partial charge is 0.233 e. The molecule has 1 saturated heterocycles. The predicted molar refractivity (Wildman–Crippen MR) is 113 cm³/mol. The fourth-order valence-corrected chi connectivity index (χ4v) is 4.27. The number of aliphatic hydroxyl groups is 1. The molecule has 4 rings (SSSR count). The van der Waals surface area contributed by atoms with Crippen LogP contribution in [0.4, 0.5) is 0 Å². The fraction of sp³-hybridized carbons (Fsp3) is 0.360.